The number of amides is 1. The van der Waals surface area contributed by atoms with Crippen molar-refractivity contribution in [2.24, 2.45) is 11.7 Å². The van der Waals surface area contributed by atoms with Crippen molar-refractivity contribution in [1.82, 2.24) is 19.9 Å². The SMILES string of the molecule is COc1ccc(S(=O)(=O)N[C@H](Cc2c[nH]c3ccccc23)C(=O)NCC2CCCN(C(=N)N)C2)cc1OC.Cl. The number of aromatic amines is 1. The molecule has 1 aromatic heterocycles. The molecule has 3 aromatic rings. The molecular weight excluding hydrogens is 544 g/mol. The summed E-state index contributed by atoms with van der Waals surface area (Å²) in [6, 6.07) is 10.9. The number of carbonyl (C=O) groups excluding carboxylic acids is 1. The number of nitrogens with one attached hydrogen (secondary N) is 4. The third-order valence-electron chi connectivity index (χ3n) is 6.80. The van der Waals surface area contributed by atoms with Crippen LogP contribution < -0.4 is 25.2 Å². The monoisotopic (exact) mass is 578 g/mol. The molecule has 0 bridgehead atoms. The van der Waals surface area contributed by atoms with E-state index in [0.717, 1.165) is 29.3 Å². The van der Waals surface area contributed by atoms with Gasteiger partial charge in [-0.05, 0) is 48.9 Å². The van der Waals surface area contributed by atoms with E-state index in [9.17, 15) is 13.2 Å². The number of ether oxygens (including phenoxy) is 2. The van der Waals surface area contributed by atoms with E-state index in [1.54, 1.807) is 11.1 Å². The molecule has 212 valence electrons. The van der Waals surface area contributed by atoms with Gasteiger partial charge < -0.3 is 30.4 Å². The van der Waals surface area contributed by atoms with Crippen LogP contribution in [0.25, 0.3) is 10.9 Å². The number of benzene rings is 2. The first-order valence-corrected chi connectivity index (χ1v) is 13.9. The fourth-order valence-electron chi connectivity index (χ4n) is 4.77. The van der Waals surface area contributed by atoms with E-state index in [-0.39, 0.29) is 41.4 Å². The topological polar surface area (TPSA) is 163 Å². The van der Waals surface area contributed by atoms with Crippen LogP contribution in [0.15, 0.2) is 53.6 Å². The van der Waals surface area contributed by atoms with E-state index in [1.807, 2.05) is 24.3 Å². The molecule has 2 heterocycles. The number of nitrogens with two attached hydrogens (primary N) is 1. The van der Waals surface area contributed by atoms with Gasteiger partial charge in [0.05, 0.1) is 19.1 Å². The molecular formula is C26H35ClN6O5S. The molecule has 1 fully saturated rings. The number of H-pyrrole nitrogens is 1. The van der Waals surface area contributed by atoms with E-state index >= 15 is 0 Å². The molecule has 0 saturated carbocycles. The molecule has 1 unspecified atom stereocenters. The minimum absolute atomic E-state index is 0. The van der Waals surface area contributed by atoms with E-state index in [4.69, 9.17) is 20.6 Å². The number of fused-ring (bicyclic) bond motifs is 1. The fraction of sp³-hybridized carbons (Fsp3) is 0.385. The molecule has 11 nitrogen and oxygen atoms in total. The molecule has 0 spiro atoms. The van der Waals surface area contributed by atoms with Crippen molar-refractivity contribution in [3.8, 4) is 11.5 Å². The van der Waals surface area contributed by atoms with Gasteiger partial charge in [0.25, 0.3) is 0 Å². The Labute approximate surface area is 234 Å². The highest BCUT2D eigenvalue weighted by Crippen LogP contribution is 2.29. The van der Waals surface area contributed by atoms with Crippen molar-refractivity contribution in [2.75, 3.05) is 33.9 Å². The second kappa shape index (κ2) is 13.0. The Morgan fingerprint density at radius 1 is 1.21 bits per heavy atom. The van der Waals surface area contributed by atoms with Crippen molar-refractivity contribution < 1.29 is 22.7 Å². The summed E-state index contributed by atoms with van der Waals surface area (Å²) in [6.45, 7) is 1.64. The summed E-state index contributed by atoms with van der Waals surface area (Å²) in [6.07, 6.45) is 3.69. The van der Waals surface area contributed by atoms with Crippen molar-refractivity contribution >= 4 is 45.2 Å². The number of likely N-dealkylation sites (tertiary alicyclic amines) is 1. The number of para-hydroxylation sites is 1. The Morgan fingerprint density at radius 3 is 2.67 bits per heavy atom. The smallest absolute Gasteiger partial charge is 0.241 e. The van der Waals surface area contributed by atoms with E-state index < -0.39 is 22.0 Å². The Hall–Kier alpha value is -3.48. The minimum Gasteiger partial charge on any atom is -0.493 e. The van der Waals surface area contributed by atoms with Crippen LogP contribution in [0.5, 0.6) is 11.5 Å². The van der Waals surface area contributed by atoms with Crippen LogP contribution in [0.2, 0.25) is 0 Å². The molecule has 1 aliphatic heterocycles. The number of sulfonamides is 1. The zero-order valence-corrected chi connectivity index (χ0v) is 23.5. The number of rotatable bonds is 10. The number of halogens is 1. The second-order valence-electron chi connectivity index (χ2n) is 9.34. The van der Waals surface area contributed by atoms with Crippen molar-refractivity contribution in [3.05, 3.63) is 54.2 Å². The average molecular weight is 579 g/mol. The molecule has 13 heteroatoms. The summed E-state index contributed by atoms with van der Waals surface area (Å²) < 4.78 is 39.9. The maximum Gasteiger partial charge on any atom is 0.241 e. The molecule has 2 atom stereocenters. The lowest BCUT2D eigenvalue weighted by Crippen LogP contribution is -2.51. The highest BCUT2D eigenvalue weighted by atomic mass is 35.5. The van der Waals surface area contributed by atoms with E-state index in [0.29, 0.717) is 25.4 Å². The lowest BCUT2D eigenvalue weighted by Gasteiger charge is -2.33. The number of carbonyl (C=O) groups is 1. The summed E-state index contributed by atoms with van der Waals surface area (Å²) >= 11 is 0. The fourth-order valence-corrected chi connectivity index (χ4v) is 5.98. The highest BCUT2D eigenvalue weighted by Gasteiger charge is 2.29. The van der Waals surface area contributed by atoms with Crippen LogP contribution in [0.1, 0.15) is 18.4 Å². The van der Waals surface area contributed by atoms with Gasteiger partial charge in [-0.15, -0.1) is 12.4 Å². The highest BCUT2D eigenvalue weighted by molar-refractivity contribution is 7.89. The Balaban J connectivity index is 0.00000420. The van der Waals surface area contributed by atoms with Gasteiger partial charge in [0.15, 0.2) is 17.5 Å². The predicted octanol–water partition coefficient (Wildman–Crippen LogP) is 2.22. The van der Waals surface area contributed by atoms with Gasteiger partial charge in [0, 0.05) is 42.8 Å². The maximum absolute atomic E-state index is 13.4. The van der Waals surface area contributed by atoms with Gasteiger partial charge in [-0.1, -0.05) is 18.2 Å². The number of hydrogen-bond donors (Lipinski definition) is 5. The zero-order chi connectivity index (χ0) is 27.3. The number of aromatic nitrogens is 1. The molecule has 2 aromatic carbocycles. The van der Waals surface area contributed by atoms with Crippen LogP contribution >= 0.6 is 12.4 Å². The molecule has 1 amide bonds. The van der Waals surface area contributed by atoms with Crippen molar-refractivity contribution in [1.29, 1.82) is 5.41 Å². The standard InChI is InChI=1S/C26H34N6O5S.ClH/c1-36-23-10-9-19(13-24(23)37-2)38(34,35)31-22(12-18-15-29-21-8-4-3-7-20(18)21)25(33)30-14-17-6-5-11-32(16-17)26(27)28;/h3-4,7-10,13,15,17,22,29,31H,5-6,11-12,14,16H2,1-2H3,(H3,27,28)(H,30,33);1H/t17?,22-;/m1./s1. The first-order valence-electron chi connectivity index (χ1n) is 12.4. The van der Waals surface area contributed by atoms with E-state index in [1.165, 1.54) is 32.4 Å². The molecule has 0 aliphatic carbocycles. The molecule has 0 radical (unpaired) electrons. The van der Waals surface area contributed by atoms with Crippen molar-refractivity contribution in [2.45, 2.75) is 30.2 Å². The number of methoxy groups -OCH3 is 2. The van der Waals surface area contributed by atoms with Gasteiger partial charge in [-0.2, -0.15) is 4.72 Å². The first-order chi connectivity index (χ1) is 18.2. The van der Waals surface area contributed by atoms with Crippen LogP contribution in [-0.2, 0) is 21.2 Å². The number of piperidine rings is 1. The van der Waals surface area contributed by atoms with Gasteiger partial charge in [-0.25, -0.2) is 8.42 Å². The number of nitrogens with zero attached hydrogens (tertiary/aromatic N) is 1. The predicted molar refractivity (Wildman–Crippen MR) is 152 cm³/mol. The normalized spacial score (nSPS) is 16.3. The number of guanidine groups is 1. The average Bonchev–Trinajstić information content (AvgIpc) is 3.33. The maximum atomic E-state index is 13.4. The van der Waals surface area contributed by atoms with Gasteiger partial charge in [0.2, 0.25) is 15.9 Å². The third kappa shape index (κ3) is 7.14. The van der Waals surface area contributed by atoms with Gasteiger partial charge >= 0.3 is 0 Å². The Bertz CT molecular complexity index is 1410. The lowest BCUT2D eigenvalue weighted by molar-refractivity contribution is -0.122. The van der Waals surface area contributed by atoms with Gasteiger partial charge in [0.1, 0.15) is 6.04 Å². The van der Waals surface area contributed by atoms with Crippen LogP contribution in [0.3, 0.4) is 0 Å². The van der Waals surface area contributed by atoms with Crippen LogP contribution in [-0.4, -0.2) is 70.1 Å². The van der Waals surface area contributed by atoms with Crippen molar-refractivity contribution in [3.63, 3.8) is 0 Å². The second-order valence-corrected chi connectivity index (χ2v) is 11.1. The summed E-state index contributed by atoms with van der Waals surface area (Å²) in [7, 11) is -1.20. The zero-order valence-electron chi connectivity index (χ0n) is 21.9. The van der Waals surface area contributed by atoms with Gasteiger partial charge in [-0.3, -0.25) is 10.2 Å². The summed E-state index contributed by atoms with van der Waals surface area (Å²) in [5.41, 5.74) is 7.36. The molecule has 1 aliphatic rings. The summed E-state index contributed by atoms with van der Waals surface area (Å²) in [5.74, 6) is 0.347. The molecule has 4 rings (SSSR count). The molecule has 39 heavy (non-hydrogen) atoms. The lowest BCUT2D eigenvalue weighted by atomic mass is 9.98. The number of hydrogen-bond acceptors (Lipinski definition) is 6. The van der Waals surface area contributed by atoms with Crippen LogP contribution in [0.4, 0.5) is 0 Å². The molecule has 1 saturated heterocycles. The Kier molecular flexibility index (Phi) is 10.1. The summed E-state index contributed by atoms with van der Waals surface area (Å²) in [5, 5.41) is 11.5. The third-order valence-corrected chi connectivity index (χ3v) is 8.27. The minimum atomic E-state index is -4.09. The summed E-state index contributed by atoms with van der Waals surface area (Å²) in [4.78, 5) is 18.3. The van der Waals surface area contributed by atoms with E-state index in [2.05, 4.69) is 15.0 Å². The van der Waals surface area contributed by atoms with Crippen LogP contribution in [0, 0.1) is 11.3 Å². The largest absolute Gasteiger partial charge is 0.493 e. The molecule has 6 N–H and O–H groups in total. The quantitative estimate of drug-likeness (QED) is 0.182. The first kappa shape index (κ1) is 30.1. The Morgan fingerprint density at radius 2 is 1.95 bits per heavy atom.